The van der Waals surface area contributed by atoms with Gasteiger partial charge in [-0.2, -0.15) is 0 Å². The monoisotopic (exact) mass is 602 g/mol. The fourth-order valence-corrected chi connectivity index (χ4v) is 5.55. The largest absolute Gasteiger partial charge is 0.394 e. The quantitative estimate of drug-likeness (QED) is 0.259. The van der Waals surface area contributed by atoms with Gasteiger partial charge in [0, 0.05) is 19.4 Å². The minimum atomic E-state index is -1.44. The number of carbonyl (C=O) groups excluding carboxylic acids is 2. The van der Waals surface area contributed by atoms with Crippen molar-refractivity contribution in [2.24, 2.45) is 0 Å². The van der Waals surface area contributed by atoms with Gasteiger partial charge in [-0.15, -0.1) is 0 Å². The van der Waals surface area contributed by atoms with E-state index in [1.165, 1.54) is 13.8 Å². The van der Waals surface area contributed by atoms with Crippen LogP contribution in [0.4, 0.5) is 0 Å². The third kappa shape index (κ3) is 7.40. The summed E-state index contributed by atoms with van der Waals surface area (Å²) in [7, 11) is 0. The van der Waals surface area contributed by atoms with Crippen molar-refractivity contribution in [3.05, 3.63) is 71.8 Å². The van der Waals surface area contributed by atoms with Crippen LogP contribution in [0.2, 0.25) is 0 Å². The van der Waals surface area contributed by atoms with E-state index in [0.717, 1.165) is 11.1 Å². The molecule has 3 aliphatic heterocycles. The lowest BCUT2D eigenvalue weighted by atomic mass is 9.94. The molecule has 2 aromatic carbocycles. The van der Waals surface area contributed by atoms with E-state index >= 15 is 0 Å². The molecule has 0 aromatic heterocycles. The van der Waals surface area contributed by atoms with E-state index in [9.17, 15) is 24.9 Å². The summed E-state index contributed by atoms with van der Waals surface area (Å²) in [5.74, 6) is -0.911. The minimum Gasteiger partial charge on any atom is -0.394 e. The Morgan fingerprint density at radius 3 is 2.12 bits per heavy atom. The van der Waals surface area contributed by atoms with Crippen LogP contribution in [0.15, 0.2) is 60.7 Å². The van der Waals surface area contributed by atoms with Crippen molar-refractivity contribution in [1.29, 1.82) is 0 Å². The molecule has 2 amide bonds. The molecule has 5 N–H and O–H groups in total. The zero-order chi connectivity index (χ0) is 30.5. The van der Waals surface area contributed by atoms with Crippen LogP contribution >= 0.6 is 0 Å². The molecule has 3 saturated heterocycles. The number of fused-ring (bicyclic) bond motifs is 1. The average Bonchev–Trinajstić information content (AvgIpc) is 3.01. The summed E-state index contributed by atoms with van der Waals surface area (Å²) in [6.45, 7) is 2.16. The van der Waals surface area contributed by atoms with Gasteiger partial charge in [0.05, 0.1) is 19.8 Å². The molecule has 0 aliphatic carbocycles. The highest BCUT2D eigenvalue weighted by molar-refractivity contribution is 5.73. The van der Waals surface area contributed by atoms with Crippen molar-refractivity contribution >= 4 is 11.8 Å². The summed E-state index contributed by atoms with van der Waals surface area (Å²) < 4.78 is 36.1. The van der Waals surface area contributed by atoms with E-state index in [1.807, 2.05) is 60.7 Å². The highest BCUT2D eigenvalue weighted by Gasteiger charge is 2.54. The Balaban J connectivity index is 1.33. The van der Waals surface area contributed by atoms with E-state index in [4.69, 9.17) is 28.4 Å². The molecule has 3 fully saturated rings. The summed E-state index contributed by atoms with van der Waals surface area (Å²) in [5.41, 5.74) is 1.59. The molecular weight excluding hydrogens is 564 g/mol. The molecule has 43 heavy (non-hydrogen) atoms. The van der Waals surface area contributed by atoms with Gasteiger partial charge in [-0.25, -0.2) is 0 Å². The van der Waals surface area contributed by atoms with Crippen molar-refractivity contribution < 1.29 is 53.3 Å². The van der Waals surface area contributed by atoms with E-state index in [2.05, 4.69) is 10.6 Å². The molecule has 2 aromatic rings. The van der Waals surface area contributed by atoms with Crippen LogP contribution in [0.1, 0.15) is 31.3 Å². The van der Waals surface area contributed by atoms with Crippen molar-refractivity contribution in [2.75, 3.05) is 13.2 Å². The van der Waals surface area contributed by atoms with Crippen LogP contribution in [0.5, 0.6) is 0 Å². The Morgan fingerprint density at radius 2 is 1.49 bits per heavy atom. The van der Waals surface area contributed by atoms with Crippen LogP contribution < -0.4 is 10.6 Å². The van der Waals surface area contributed by atoms with E-state index in [1.54, 1.807) is 0 Å². The molecular formula is C30H38N2O11. The first-order valence-corrected chi connectivity index (χ1v) is 14.2. The topological polar surface area (TPSA) is 174 Å². The number of rotatable bonds is 9. The van der Waals surface area contributed by atoms with Gasteiger partial charge in [-0.1, -0.05) is 60.7 Å². The Morgan fingerprint density at radius 1 is 0.860 bits per heavy atom. The van der Waals surface area contributed by atoms with Gasteiger partial charge >= 0.3 is 0 Å². The fourth-order valence-electron chi connectivity index (χ4n) is 5.55. The maximum atomic E-state index is 12.2. The van der Waals surface area contributed by atoms with Gasteiger partial charge in [0.1, 0.15) is 48.7 Å². The number of aliphatic hydroxyl groups excluding tert-OH is 3. The number of hydrogen-bond acceptors (Lipinski definition) is 11. The first-order chi connectivity index (χ1) is 20.7. The van der Waals surface area contributed by atoms with Gasteiger partial charge in [0.2, 0.25) is 11.8 Å². The van der Waals surface area contributed by atoms with Gasteiger partial charge in [0.15, 0.2) is 18.9 Å². The van der Waals surface area contributed by atoms with Gasteiger partial charge in [-0.05, 0) is 5.56 Å². The van der Waals surface area contributed by atoms with Gasteiger partial charge < -0.3 is 54.4 Å². The molecule has 5 rings (SSSR count). The third-order valence-corrected chi connectivity index (χ3v) is 7.58. The van der Waals surface area contributed by atoms with Crippen LogP contribution in [0.3, 0.4) is 0 Å². The van der Waals surface area contributed by atoms with E-state index in [0.29, 0.717) is 0 Å². The number of amides is 2. The number of ether oxygens (including phenoxy) is 6. The Hall–Kier alpha value is -2.98. The van der Waals surface area contributed by atoms with Crippen molar-refractivity contribution in [3.8, 4) is 0 Å². The predicted molar refractivity (Wildman–Crippen MR) is 148 cm³/mol. The van der Waals surface area contributed by atoms with Gasteiger partial charge in [-0.3, -0.25) is 9.59 Å². The van der Waals surface area contributed by atoms with Crippen LogP contribution in [-0.4, -0.2) is 102 Å². The SMILES string of the molecule is CC(=O)N[C@H]1[C@H](O[C@H]2[C@H](O)[C@@H](NC(C)=O)[C@H](OCc3ccccc3)O[C@@H]2CO)O[C@@H]2COC(c3ccccc3)O[C@H]2[C@@H]1O. The third-order valence-electron chi connectivity index (χ3n) is 7.58. The van der Waals surface area contributed by atoms with Gasteiger partial charge in [0.25, 0.3) is 0 Å². The van der Waals surface area contributed by atoms with Crippen molar-refractivity contribution in [2.45, 2.75) is 88.0 Å². The molecule has 234 valence electrons. The second kappa shape index (κ2) is 14.2. The lowest BCUT2D eigenvalue weighted by Crippen LogP contribution is -2.70. The molecule has 0 spiro atoms. The summed E-state index contributed by atoms with van der Waals surface area (Å²) in [6, 6.07) is 16.3. The second-order valence-corrected chi connectivity index (χ2v) is 10.8. The zero-order valence-corrected chi connectivity index (χ0v) is 23.9. The first kappa shape index (κ1) is 31.4. The smallest absolute Gasteiger partial charge is 0.217 e. The fraction of sp³-hybridized carbons (Fsp3) is 0.533. The standard InChI is InChI=1S/C30H38N2O11/c1-16(34)31-22-24(36)26(20(13-33)40-29(22)38-14-18-9-5-3-6-10-18)43-30-23(32-17(2)35)25(37)27-21(41-30)15-39-28(42-27)19-11-7-4-8-12-19/h3-12,20-30,33,36-37H,13-15H2,1-2H3,(H,31,34)(H,32,35)/t20-,21-,22-,23-,24-,25-,26-,27-,28?,29-,30+/m1/s1. The molecule has 11 atom stereocenters. The summed E-state index contributed by atoms with van der Waals surface area (Å²) in [4.78, 5) is 24.2. The Bertz CT molecular complexity index is 1210. The highest BCUT2D eigenvalue weighted by Crippen LogP contribution is 2.36. The minimum absolute atomic E-state index is 0.0466. The lowest BCUT2D eigenvalue weighted by Gasteiger charge is -2.50. The number of aliphatic hydroxyl groups is 3. The molecule has 1 unspecified atom stereocenters. The van der Waals surface area contributed by atoms with Crippen molar-refractivity contribution in [1.82, 2.24) is 10.6 Å². The maximum Gasteiger partial charge on any atom is 0.217 e. The molecule has 3 aliphatic rings. The normalized spacial score (nSPS) is 35.9. The number of nitrogens with one attached hydrogen (secondary N) is 2. The molecule has 0 bridgehead atoms. The summed E-state index contributed by atoms with van der Waals surface area (Å²) >= 11 is 0. The lowest BCUT2D eigenvalue weighted by molar-refractivity contribution is -0.366. The van der Waals surface area contributed by atoms with E-state index in [-0.39, 0.29) is 13.2 Å². The number of benzene rings is 2. The molecule has 13 heteroatoms. The van der Waals surface area contributed by atoms with Crippen LogP contribution in [0, 0.1) is 0 Å². The van der Waals surface area contributed by atoms with Crippen molar-refractivity contribution in [3.63, 3.8) is 0 Å². The molecule has 0 saturated carbocycles. The van der Waals surface area contributed by atoms with Crippen LogP contribution in [0.25, 0.3) is 0 Å². The molecule has 13 nitrogen and oxygen atoms in total. The molecule has 3 heterocycles. The summed E-state index contributed by atoms with van der Waals surface area (Å²) in [6.07, 6.45) is -9.94. The number of hydrogen-bond donors (Lipinski definition) is 5. The first-order valence-electron chi connectivity index (χ1n) is 14.2. The highest BCUT2D eigenvalue weighted by atomic mass is 16.8. The Kier molecular flexibility index (Phi) is 10.4. The van der Waals surface area contributed by atoms with E-state index < -0.39 is 86.0 Å². The number of carbonyl (C=O) groups is 2. The zero-order valence-electron chi connectivity index (χ0n) is 23.9. The second-order valence-electron chi connectivity index (χ2n) is 10.8. The molecule has 0 radical (unpaired) electrons. The Labute approximate surface area is 249 Å². The average molecular weight is 603 g/mol. The van der Waals surface area contributed by atoms with Crippen LogP contribution in [-0.2, 0) is 44.6 Å². The maximum absolute atomic E-state index is 12.2. The summed E-state index contributed by atoms with van der Waals surface area (Å²) in [5, 5.41) is 38.3. The predicted octanol–water partition coefficient (Wildman–Crippen LogP) is -0.124.